The maximum atomic E-state index is 12.5. The number of aromatic nitrogens is 1. The molecule has 0 atom stereocenters. The van der Waals surface area contributed by atoms with Gasteiger partial charge in [0.15, 0.2) is 5.13 Å². The van der Waals surface area contributed by atoms with Crippen molar-refractivity contribution in [3.05, 3.63) is 35.4 Å². The predicted molar refractivity (Wildman–Crippen MR) is 112 cm³/mol. The molecule has 7 nitrogen and oxygen atoms in total. The molecule has 0 bridgehead atoms. The lowest BCUT2D eigenvalue weighted by Crippen LogP contribution is -2.20. The Morgan fingerprint density at radius 2 is 1.82 bits per heavy atom. The Bertz CT molecular complexity index is 1020. The monoisotopic (exact) mass is 401 g/mol. The summed E-state index contributed by atoms with van der Waals surface area (Å²) in [6.45, 7) is 6.41. The first-order valence-electron chi connectivity index (χ1n) is 8.79. The van der Waals surface area contributed by atoms with Crippen molar-refractivity contribution in [3.8, 4) is 17.2 Å². The number of urea groups is 1. The number of hydrogen-bond acceptors (Lipinski definition) is 6. The van der Waals surface area contributed by atoms with E-state index in [9.17, 15) is 4.79 Å². The van der Waals surface area contributed by atoms with Gasteiger partial charge in [0.1, 0.15) is 17.2 Å². The third-order valence-electron chi connectivity index (χ3n) is 4.18. The zero-order chi connectivity index (χ0) is 20.3. The number of anilines is 2. The van der Waals surface area contributed by atoms with Crippen LogP contribution in [0.1, 0.15) is 18.1 Å². The molecular weight excluding hydrogens is 378 g/mol. The lowest BCUT2D eigenvalue weighted by molar-refractivity contribution is 0.262. The van der Waals surface area contributed by atoms with Crippen molar-refractivity contribution in [2.24, 2.45) is 0 Å². The van der Waals surface area contributed by atoms with E-state index in [2.05, 4.69) is 15.6 Å². The average Bonchev–Trinajstić information content (AvgIpc) is 3.07. The minimum absolute atomic E-state index is 0.364. The lowest BCUT2D eigenvalue weighted by atomic mass is 10.1. The van der Waals surface area contributed by atoms with Gasteiger partial charge in [-0.15, -0.1) is 0 Å². The highest BCUT2D eigenvalue weighted by Crippen LogP contribution is 2.37. The zero-order valence-corrected chi connectivity index (χ0v) is 17.3. The normalized spacial score (nSPS) is 10.6. The largest absolute Gasteiger partial charge is 0.497 e. The summed E-state index contributed by atoms with van der Waals surface area (Å²) >= 11 is 1.34. The summed E-state index contributed by atoms with van der Waals surface area (Å²) in [5.74, 6) is 2.11. The van der Waals surface area contributed by atoms with Crippen molar-refractivity contribution in [1.29, 1.82) is 0 Å². The SMILES string of the molecule is CCOc1cc(C)c(NC(=O)Nc2nc3cc(OC)cc(OC)c3s2)cc1C. The second kappa shape index (κ2) is 8.35. The Labute approximate surface area is 167 Å². The van der Waals surface area contributed by atoms with Crippen LogP contribution in [0.25, 0.3) is 10.2 Å². The van der Waals surface area contributed by atoms with E-state index in [1.54, 1.807) is 26.4 Å². The summed E-state index contributed by atoms with van der Waals surface area (Å²) in [6, 6.07) is 7.04. The molecule has 0 aliphatic carbocycles. The predicted octanol–water partition coefficient (Wildman–Crippen LogP) is 4.97. The molecule has 0 aliphatic rings. The molecule has 0 saturated heterocycles. The molecular formula is C20H23N3O4S. The number of rotatable bonds is 6. The van der Waals surface area contributed by atoms with E-state index in [1.807, 2.05) is 32.9 Å². The van der Waals surface area contributed by atoms with Gasteiger partial charge < -0.3 is 19.5 Å². The molecule has 1 heterocycles. The van der Waals surface area contributed by atoms with E-state index in [0.717, 1.165) is 27.3 Å². The highest BCUT2D eigenvalue weighted by atomic mass is 32.1. The van der Waals surface area contributed by atoms with Crippen molar-refractivity contribution < 1.29 is 19.0 Å². The number of methoxy groups -OCH3 is 2. The van der Waals surface area contributed by atoms with Crippen LogP contribution in [0.2, 0.25) is 0 Å². The fraction of sp³-hybridized carbons (Fsp3) is 0.300. The first-order chi connectivity index (χ1) is 13.4. The molecule has 0 unspecified atom stereocenters. The zero-order valence-electron chi connectivity index (χ0n) is 16.5. The highest BCUT2D eigenvalue weighted by Gasteiger charge is 2.14. The van der Waals surface area contributed by atoms with Gasteiger partial charge in [-0.05, 0) is 44.0 Å². The molecule has 3 rings (SSSR count). The number of amides is 2. The van der Waals surface area contributed by atoms with Gasteiger partial charge in [-0.3, -0.25) is 5.32 Å². The first-order valence-corrected chi connectivity index (χ1v) is 9.61. The summed E-state index contributed by atoms with van der Waals surface area (Å²) in [6.07, 6.45) is 0. The molecule has 8 heteroatoms. The summed E-state index contributed by atoms with van der Waals surface area (Å²) < 4.78 is 17.1. The number of nitrogens with zero attached hydrogens (tertiary/aromatic N) is 1. The first kappa shape index (κ1) is 19.8. The van der Waals surface area contributed by atoms with Crippen LogP contribution in [-0.2, 0) is 0 Å². The molecule has 1 aromatic heterocycles. The number of hydrogen-bond donors (Lipinski definition) is 2. The fourth-order valence-corrected chi connectivity index (χ4v) is 3.72. The van der Waals surface area contributed by atoms with E-state index in [-0.39, 0.29) is 6.03 Å². The maximum absolute atomic E-state index is 12.5. The Hall–Kier alpha value is -3.00. The molecule has 2 aromatic carbocycles. The third kappa shape index (κ3) is 4.12. The Kier molecular flexibility index (Phi) is 5.89. The van der Waals surface area contributed by atoms with E-state index in [4.69, 9.17) is 14.2 Å². The lowest BCUT2D eigenvalue weighted by Gasteiger charge is -2.13. The summed E-state index contributed by atoms with van der Waals surface area (Å²) in [7, 11) is 3.17. The van der Waals surface area contributed by atoms with Crippen LogP contribution >= 0.6 is 11.3 Å². The average molecular weight is 401 g/mol. The minimum atomic E-state index is -0.364. The molecule has 28 heavy (non-hydrogen) atoms. The van der Waals surface area contributed by atoms with Gasteiger partial charge in [0.2, 0.25) is 0 Å². The quantitative estimate of drug-likeness (QED) is 0.609. The summed E-state index contributed by atoms with van der Waals surface area (Å²) in [5, 5.41) is 6.13. The standard InChI is InChI=1S/C20H23N3O4S/c1-6-27-16-8-11(2)14(7-12(16)3)21-19(24)23-20-22-15-9-13(25-4)10-17(26-5)18(15)28-20/h7-10H,6H2,1-5H3,(H2,21,22,23,24). The molecule has 0 aliphatic heterocycles. The van der Waals surface area contributed by atoms with E-state index < -0.39 is 0 Å². The number of thiazole rings is 1. The molecule has 3 aromatic rings. The van der Waals surface area contributed by atoms with Gasteiger partial charge >= 0.3 is 6.03 Å². The van der Waals surface area contributed by atoms with Gasteiger partial charge in [0.05, 0.1) is 31.0 Å². The second-order valence-electron chi connectivity index (χ2n) is 6.14. The van der Waals surface area contributed by atoms with Crippen LogP contribution in [0.4, 0.5) is 15.6 Å². The highest BCUT2D eigenvalue weighted by molar-refractivity contribution is 7.22. The molecule has 2 N–H and O–H groups in total. The smallest absolute Gasteiger partial charge is 0.325 e. The van der Waals surface area contributed by atoms with Crippen molar-refractivity contribution >= 4 is 38.4 Å². The van der Waals surface area contributed by atoms with Crippen LogP contribution < -0.4 is 24.8 Å². The molecule has 0 radical (unpaired) electrons. The van der Waals surface area contributed by atoms with E-state index in [0.29, 0.717) is 28.8 Å². The van der Waals surface area contributed by atoms with Crippen LogP contribution in [0.15, 0.2) is 24.3 Å². The number of carbonyl (C=O) groups excluding carboxylic acids is 1. The minimum Gasteiger partial charge on any atom is -0.497 e. The Morgan fingerprint density at radius 1 is 1.04 bits per heavy atom. The molecule has 148 valence electrons. The number of aryl methyl sites for hydroxylation is 2. The van der Waals surface area contributed by atoms with Crippen LogP contribution in [0.5, 0.6) is 17.2 Å². The molecule has 0 saturated carbocycles. The van der Waals surface area contributed by atoms with Crippen LogP contribution in [0.3, 0.4) is 0 Å². The number of benzene rings is 2. The van der Waals surface area contributed by atoms with Gasteiger partial charge in [-0.2, -0.15) is 0 Å². The molecule has 2 amide bonds. The fourth-order valence-electron chi connectivity index (χ4n) is 2.79. The van der Waals surface area contributed by atoms with Gasteiger partial charge in [-0.25, -0.2) is 9.78 Å². The maximum Gasteiger partial charge on any atom is 0.325 e. The van der Waals surface area contributed by atoms with E-state index in [1.165, 1.54) is 11.3 Å². The van der Waals surface area contributed by atoms with Gasteiger partial charge in [-0.1, -0.05) is 11.3 Å². The molecule has 0 fully saturated rings. The van der Waals surface area contributed by atoms with Crippen molar-refractivity contribution in [2.75, 3.05) is 31.5 Å². The van der Waals surface area contributed by atoms with Gasteiger partial charge in [0, 0.05) is 17.8 Å². The van der Waals surface area contributed by atoms with Crippen LogP contribution in [0, 0.1) is 13.8 Å². The number of carbonyl (C=O) groups is 1. The summed E-state index contributed by atoms with van der Waals surface area (Å²) in [4.78, 5) is 16.9. The van der Waals surface area contributed by atoms with Crippen molar-refractivity contribution in [2.45, 2.75) is 20.8 Å². The summed E-state index contributed by atoms with van der Waals surface area (Å²) in [5.41, 5.74) is 3.29. The number of fused-ring (bicyclic) bond motifs is 1. The molecule has 0 spiro atoms. The van der Waals surface area contributed by atoms with Crippen molar-refractivity contribution in [3.63, 3.8) is 0 Å². The van der Waals surface area contributed by atoms with Crippen molar-refractivity contribution in [1.82, 2.24) is 4.98 Å². The number of nitrogens with one attached hydrogen (secondary N) is 2. The Balaban J connectivity index is 1.79. The second-order valence-corrected chi connectivity index (χ2v) is 7.14. The number of ether oxygens (including phenoxy) is 3. The van der Waals surface area contributed by atoms with Gasteiger partial charge in [0.25, 0.3) is 0 Å². The topological polar surface area (TPSA) is 81.7 Å². The Morgan fingerprint density at radius 3 is 2.50 bits per heavy atom. The third-order valence-corrected chi connectivity index (χ3v) is 5.18. The van der Waals surface area contributed by atoms with Crippen LogP contribution in [-0.4, -0.2) is 31.8 Å². The van der Waals surface area contributed by atoms with E-state index >= 15 is 0 Å².